The molecule has 1 atom stereocenters. The van der Waals surface area contributed by atoms with Crippen LogP contribution in [0.15, 0.2) is 72.1 Å². The predicted molar refractivity (Wildman–Crippen MR) is 128 cm³/mol. The largest absolute Gasteiger partial charge is 0.508 e. The second kappa shape index (κ2) is 9.55. The molecule has 2 aromatic carbocycles. The van der Waals surface area contributed by atoms with Crippen LogP contribution in [0, 0.1) is 0 Å². The normalized spacial score (nSPS) is 18.1. The highest BCUT2D eigenvalue weighted by molar-refractivity contribution is 6.05. The molecule has 1 fully saturated rings. The van der Waals surface area contributed by atoms with Gasteiger partial charge in [0.1, 0.15) is 5.75 Å². The first kappa shape index (κ1) is 21.9. The molecule has 1 N–H and O–H groups in total. The van der Waals surface area contributed by atoms with Crippen LogP contribution in [0.1, 0.15) is 59.6 Å². The number of hydrogen-bond donors (Lipinski definition) is 1. The minimum absolute atomic E-state index is 0.132. The fourth-order valence-electron chi connectivity index (χ4n) is 4.64. The zero-order valence-electron chi connectivity index (χ0n) is 19.1. The Bertz CT molecular complexity index is 1210. The number of rotatable bonds is 6. The molecule has 1 aromatic heterocycles. The maximum Gasteiger partial charge on any atom is 0.274 e. The Kier molecular flexibility index (Phi) is 6.16. The highest BCUT2D eigenvalue weighted by Crippen LogP contribution is 2.39. The number of para-hydroxylation sites is 1. The van der Waals surface area contributed by atoms with E-state index < -0.39 is 6.04 Å². The summed E-state index contributed by atoms with van der Waals surface area (Å²) >= 11 is 0. The highest BCUT2D eigenvalue weighted by Gasteiger charge is 2.35. The Labute approximate surface area is 198 Å². The Morgan fingerprint density at radius 1 is 1.06 bits per heavy atom. The summed E-state index contributed by atoms with van der Waals surface area (Å²) < 4.78 is 11.7. The summed E-state index contributed by atoms with van der Waals surface area (Å²) in [5.41, 5.74) is 2.68. The summed E-state index contributed by atoms with van der Waals surface area (Å²) in [5.74, 6) is 1.02. The van der Waals surface area contributed by atoms with Gasteiger partial charge in [-0.25, -0.2) is 5.01 Å². The number of amides is 1. The number of ether oxygens (including phenoxy) is 2. The van der Waals surface area contributed by atoms with Crippen molar-refractivity contribution in [2.24, 2.45) is 5.10 Å². The van der Waals surface area contributed by atoms with Crippen LogP contribution in [0.4, 0.5) is 0 Å². The Morgan fingerprint density at radius 2 is 1.88 bits per heavy atom. The van der Waals surface area contributed by atoms with E-state index in [4.69, 9.17) is 9.47 Å². The van der Waals surface area contributed by atoms with Crippen LogP contribution in [-0.2, 0) is 0 Å². The molecule has 7 nitrogen and oxygen atoms in total. The van der Waals surface area contributed by atoms with E-state index in [1.54, 1.807) is 49.8 Å². The molecule has 1 aliphatic heterocycles. The highest BCUT2D eigenvalue weighted by atomic mass is 16.5. The third-order valence-electron chi connectivity index (χ3n) is 6.42. The molecular weight excluding hydrogens is 430 g/mol. The zero-order valence-corrected chi connectivity index (χ0v) is 19.1. The van der Waals surface area contributed by atoms with Gasteiger partial charge in [-0.1, -0.05) is 24.3 Å². The number of carbonyl (C=O) groups excluding carboxylic acids is 1. The minimum atomic E-state index is -0.440. The van der Waals surface area contributed by atoms with Crippen LogP contribution in [0.25, 0.3) is 0 Å². The number of hydrazone groups is 1. The summed E-state index contributed by atoms with van der Waals surface area (Å²) in [6.45, 7) is 0. The van der Waals surface area contributed by atoms with Crippen molar-refractivity contribution in [2.75, 3.05) is 7.11 Å². The van der Waals surface area contributed by atoms with Gasteiger partial charge in [-0.3, -0.25) is 9.78 Å². The molecule has 1 unspecified atom stereocenters. The number of pyridine rings is 1. The van der Waals surface area contributed by atoms with Crippen molar-refractivity contribution < 1.29 is 19.4 Å². The summed E-state index contributed by atoms with van der Waals surface area (Å²) in [4.78, 5) is 17.9. The van der Waals surface area contributed by atoms with E-state index in [1.165, 1.54) is 5.01 Å². The van der Waals surface area contributed by atoms with Crippen LogP contribution in [0.5, 0.6) is 17.2 Å². The van der Waals surface area contributed by atoms with E-state index in [1.807, 2.05) is 24.3 Å². The lowest BCUT2D eigenvalue weighted by Crippen LogP contribution is -2.27. The van der Waals surface area contributed by atoms with Crippen molar-refractivity contribution in [3.8, 4) is 17.2 Å². The quantitative estimate of drug-likeness (QED) is 0.556. The lowest BCUT2D eigenvalue weighted by Gasteiger charge is -2.23. The lowest BCUT2D eigenvalue weighted by molar-refractivity contribution is 0.0708. The minimum Gasteiger partial charge on any atom is -0.508 e. The summed E-state index contributed by atoms with van der Waals surface area (Å²) in [6, 6.07) is 15.6. The maximum absolute atomic E-state index is 13.7. The predicted octanol–water partition coefficient (Wildman–Crippen LogP) is 5.11. The number of hydrogen-bond acceptors (Lipinski definition) is 6. The van der Waals surface area contributed by atoms with Crippen molar-refractivity contribution in [3.05, 3.63) is 83.7 Å². The number of phenols is 1. The van der Waals surface area contributed by atoms with Gasteiger partial charge in [0.2, 0.25) is 0 Å². The van der Waals surface area contributed by atoms with Crippen molar-refractivity contribution in [3.63, 3.8) is 0 Å². The molecule has 174 valence electrons. The first-order chi connectivity index (χ1) is 16.6. The first-order valence-electron chi connectivity index (χ1n) is 11.6. The fraction of sp³-hybridized carbons (Fsp3) is 0.296. The molecule has 3 aromatic rings. The van der Waals surface area contributed by atoms with Gasteiger partial charge in [-0.15, -0.1) is 0 Å². The smallest absolute Gasteiger partial charge is 0.274 e. The second-order valence-electron chi connectivity index (χ2n) is 8.61. The van der Waals surface area contributed by atoms with Crippen LogP contribution >= 0.6 is 0 Å². The van der Waals surface area contributed by atoms with Crippen LogP contribution in [-0.4, -0.2) is 39.9 Å². The van der Waals surface area contributed by atoms with Crippen LogP contribution < -0.4 is 9.47 Å². The first-order valence-corrected chi connectivity index (χ1v) is 11.6. The van der Waals surface area contributed by atoms with E-state index in [2.05, 4.69) is 10.1 Å². The number of carbonyl (C=O) groups is 1. The Balaban J connectivity index is 1.50. The molecule has 5 rings (SSSR count). The number of aromatic nitrogens is 1. The molecule has 0 saturated heterocycles. The fourth-order valence-corrected chi connectivity index (χ4v) is 4.64. The second-order valence-corrected chi connectivity index (χ2v) is 8.61. The van der Waals surface area contributed by atoms with Gasteiger partial charge in [0.15, 0.2) is 11.5 Å². The topological polar surface area (TPSA) is 84.2 Å². The molecule has 34 heavy (non-hydrogen) atoms. The molecule has 1 amide bonds. The molecular formula is C27H27N3O4. The van der Waals surface area contributed by atoms with E-state index in [-0.39, 0.29) is 17.8 Å². The van der Waals surface area contributed by atoms with Crippen LogP contribution in [0.3, 0.4) is 0 Å². The molecule has 2 aliphatic rings. The number of nitrogens with zero attached hydrogens (tertiary/aromatic N) is 3. The van der Waals surface area contributed by atoms with E-state index in [0.29, 0.717) is 29.0 Å². The number of phenolic OH excluding ortho intramolecular Hbond substituents is 1. The molecule has 2 heterocycles. The van der Waals surface area contributed by atoms with E-state index in [0.717, 1.165) is 37.0 Å². The van der Waals surface area contributed by atoms with E-state index in [9.17, 15) is 9.90 Å². The standard InChI is InChI=1S/C27H27N3O4/c1-33-25-13-12-18(15-26(25)34-20-8-2-3-9-20)27(32)30-23(21-10-4-5-11-24(21)31)16-22(29-30)19-7-6-14-28-17-19/h4-7,10-15,17,20,23,31H,2-3,8-9,16H2,1H3. The maximum atomic E-state index is 13.7. The molecule has 1 saturated carbocycles. The zero-order chi connectivity index (χ0) is 23.5. The lowest BCUT2D eigenvalue weighted by atomic mass is 9.98. The monoisotopic (exact) mass is 457 g/mol. The Hall–Kier alpha value is -3.87. The van der Waals surface area contributed by atoms with Crippen molar-refractivity contribution >= 4 is 11.6 Å². The molecule has 0 spiro atoms. The number of aromatic hydroxyl groups is 1. The molecule has 1 aliphatic carbocycles. The van der Waals surface area contributed by atoms with E-state index >= 15 is 0 Å². The number of benzene rings is 2. The summed E-state index contributed by atoms with van der Waals surface area (Å²) in [5, 5.41) is 16.7. The SMILES string of the molecule is COc1ccc(C(=O)N2N=C(c3cccnc3)CC2c2ccccc2O)cc1OC1CCCC1. The summed E-state index contributed by atoms with van der Waals surface area (Å²) in [7, 11) is 1.59. The Morgan fingerprint density at radius 3 is 2.62 bits per heavy atom. The van der Waals surface area contributed by atoms with Gasteiger partial charge < -0.3 is 14.6 Å². The van der Waals surface area contributed by atoms with Gasteiger partial charge in [0.25, 0.3) is 5.91 Å². The molecule has 7 heteroatoms. The van der Waals surface area contributed by atoms with Crippen molar-refractivity contribution in [1.29, 1.82) is 0 Å². The average Bonchev–Trinajstić information content (AvgIpc) is 3.55. The third-order valence-corrected chi connectivity index (χ3v) is 6.42. The van der Waals surface area contributed by atoms with Gasteiger partial charge in [-0.05, 0) is 56.0 Å². The van der Waals surface area contributed by atoms with Gasteiger partial charge in [-0.2, -0.15) is 5.10 Å². The molecule has 0 bridgehead atoms. The average molecular weight is 458 g/mol. The molecule has 0 radical (unpaired) electrons. The van der Waals surface area contributed by atoms with Crippen molar-refractivity contribution in [2.45, 2.75) is 44.2 Å². The van der Waals surface area contributed by atoms with Crippen molar-refractivity contribution in [1.82, 2.24) is 9.99 Å². The third kappa shape index (κ3) is 4.33. The van der Waals surface area contributed by atoms with Gasteiger partial charge in [0.05, 0.1) is 25.0 Å². The number of methoxy groups -OCH3 is 1. The van der Waals surface area contributed by atoms with Crippen LogP contribution in [0.2, 0.25) is 0 Å². The van der Waals surface area contributed by atoms with Gasteiger partial charge >= 0.3 is 0 Å². The summed E-state index contributed by atoms with van der Waals surface area (Å²) in [6.07, 6.45) is 8.33. The van der Waals surface area contributed by atoms with Gasteiger partial charge in [0, 0.05) is 35.5 Å².